The number of amides is 4. The molecule has 5 aliphatic rings. The van der Waals surface area contributed by atoms with Gasteiger partial charge in [0.2, 0.25) is 5.82 Å². The van der Waals surface area contributed by atoms with Crippen LogP contribution in [0.4, 0.5) is 37.9 Å². The number of piperidine rings is 1. The summed E-state index contributed by atoms with van der Waals surface area (Å²) in [6.45, 7) is 6.33. The Kier molecular flexibility index (Phi) is 23.3. The van der Waals surface area contributed by atoms with Crippen molar-refractivity contribution in [2.24, 2.45) is 0 Å². The maximum Gasteiger partial charge on any atom is 0.289 e. The Bertz CT molecular complexity index is 5990. The van der Waals surface area contributed by atoms with Crippen LogP contribution in [0.1, 0.15) is 80.6 Å². The van der Waals surface area contributed by atoms with Crippen molar-refractivity contribution < 1.29 is 43.3 Å². The van der Waals surface area contributed by atoms with Gasteiger partial charge in [-0.2, -0.15) is 10.2 Å². The maximum absolute atomic E-state index is 13.1. The van der Waals surface area contributed by atoms with Crippen LogP contribution in [0.5, 0.6) is 0 Å². The van der Waals surface area contributed by atoms with Crippen LogP contribution in [0.3, 0.4) is 0 Å². The monoisotopic (exact) mass is 1670 g/mol. The standard InChI is InChI=1S/C22H21ClN6O2.C22H21FN6O2.C22H19FN6O.C20H24N8O2/c2*23-16-3-5-17(6-4-16)29-11-7-18(26-29)21(31)25-22(15-30)8-12-28(14-22)20-19-2-1-10-27(19)13-9-24-20;23-17-5-3-15(4-6-17)16-12-25-20(26-13-16)22(30)27-18-7-10-29(14-18)21-19-2-1-9-28(19)11-8-24-21;29-15-2-7-26(8-3-15)17-12-23-16(11-24-17)20(30)25-14-1-6-28(13-14)19-18-21-4-9-27(18)10-5-22-19/h2*1-7,9-11,13,30H,8,12,14-15H2,(H,25,31);1-6,8-9,11-13,18H,7,10,14H2,(H,27,30);4-5,9-12,14-15,29H,1-3,6-8,13H2,(H,25,30)/t;;18-;14-/m..00/s1. The van der Waals surface area contributed by atoms with Gasteiger partial charge in [-0.25, -0.2) is 63.0 Å². The Morgan fingerprint density at radius 2 is 0.869 bits per heavy atom. The largest absolute Gasteiger partial charge is 0.394 e. The van der Waals surface area contributed by atoms with Crippen molar-refractivity contribution in [1.29, 1.82) is 0 Å². The number of fused-ring (bicyclic) bond motifs is 4. The van der Waals surface area contributed by atoms with Gasteiger partial charge in [0.15, 0.2) is 40.3 Å². The van der Waals surface area contributed by atoms with Gasteiger partial charge in [0, 0.05) is 193 Å². The van der Waals surface area contributed by atoms with E-state index in [0.29, 0.717) is 68.5 Å². The molecule has 0 bridgehead atoms. The van der Waals surface area contributed by atoms with Gasteiger partial charge in [-0.3, -0.25) is 19.2 Å². The third-order valence-corrected chi connectivity index (χ3v) is 22.7. The van der Waals surface area contributed by atoms with Crippen LogP contribution in [-0.2, 0) is 0 Å². The number of aromatic nitrogens is 17. The van der Waals surface area contributed by atoms with Crippen LogP contribution in [0.15, 0.2) is 239 Å². The second kappa shape index (κ2) is 35.4. The molecule has 0 saturated carbocycles. The smallest absolute Gasteiger partial charge is 0.289 e. The summed E-state index contributed by atoms with van der Waals surface area (Å²) >= 11 is 5.94. The third-order valence-electron chi connectivity index (χ3n) is 22.4. The number of benzene rings is 3. The molecule has 122 heavy (non-hydrogen) atoms. The number of nitrogens with one attached hydrogen (secondary N) is 4. The lowest BCUT2D eigenvalue weighted by Crippen LogP contribution is -2.53. The number of aliphatic hydroxyl groups excluding tert-OH is 3. The number of carbonyl (C=O) groups is 4. The molecule has 4 amide bonds. The van der Waals surface area contributed by atoms with Crippen LogP contribution in [-0.4, -0.2) is 229 Å². The molecule has 36 heteroatoms. The molecule has 0 radical (unpaired) electrons. The summed E-state index contributed by atoms with van der Waals surface area (Å²) in [5.74, 6) is 2.40. The van der Waals surface area contributed by atoms with Crippen LogP contribution in [0.2, 0.25) is 5.02 Å². The number of rotatable bonds is 18. The highest BCUT2D eigenvalue weighted by Crippen LogP contribution is 2.33. The average molecular weight is 1670 g/mol. The van der Waals surface area contributed by atoms with Gasteiger partial charge in [0.05, 0.1) is 70.7 Å². The minimum Gasteiger partial charge on any atom is -0.394 e. The molecule has 12 aromatic heterocycles. The van der Waals surface area contributed by atoms with Crippen molar-refractivity contribution in [1.82, 2.24) is 103 Å². The molecular weight excluding hydrogens is 1580 g/mol. The lowest BCUT2D eigenvalue weighted by molar-refractivity contribution is 0.0842. The summed E-state index contributed by atoms with van der Waals surface area (Å²) in [5.41, 5.74) is 6.06. The summed E-state index contributed by atoms with van der Waals surface area (Å²) in [7, 11) is 0. The molecule has 5 saturated heterocycles. The van der Waals surface area contributed by atoms with Crippen LogP contribution in [0, 0.1) is 11.6 Å². The van der Waals surface area contributed by atoms with Crippen molar-refractivity contribution in [3.05, 3.63) is 279 Å². The van der Waals surface area contributed by atoms with E-state index in [2.05, 4.69) is 101 Å². The Balaban J connectivity index is 0.000000116. The maximum atomic E-state index is 13.1. The molecular formula is C86H85ClF2N26O7. The topological polar surface area (TPSA) is 363 Å². The number of nitrogens with zero attached hydrogens (tertiary/aromatic N) is 22. The van der Waals surface area contributed by atoms with E-state index in [1.165, 1.54) is 35.1 Å². The van der Waals surface area contributed by atoms with E-state index >= 15 is 0 Å². The minimum absolute atomic E-state index is 0.00473. The fraction of sp³-hybridized carbons (Fsp3) is 0.267. The minimum atomic E-state index is -0.794. The molecule has 2 unspecified atom stereocenters. The summed E-state index contributed by atoms with van der Waals surface area (Å²) < 4.78 is 37.3. The van der Waals surface area contributed by atoms with E-state index in [9.17, 15) is 43.3 Å². The molecule has 0 spiro atoms. The van der Waals surface area contributed by atoms with Gasteiger partial charge in [-0.05, 0) is 153 Å². The van der Waals surface area contributed by atoms with Crippen molar-refractivity contribution >= 4 is 86.5 Å². The molecule has 5 aliphatic heterocycles. The molecule has 17 heterocycles. The molecule has 5 fully saturated rings. The number of halogens is 3. The fourth-order valence-electron chi connectivity index (χ4n) is 15.9. The van der Waals surface area contributed by atoms with Crippen molar-refractivity contribution in [2.75, 3.05) is 103 Å². The van der Waals surface area contributed by atoms with Gasteiger partial charge in [0.1, 0.15) is 23.1 Å². The lowest BCUT2D eigenvalue weighted by atomic mass is 9.99. The highest BCUT2D eigenvalue weighted by molar-refractivity contribution is 6.30. The first kappa shape index (κ1) is 80.3. The zero-order valence-electron chi connectivity index (χ0n) is 65.9. The quantitative estimate of drug-likeness (QED) is 0.0427. The first-order chi connectivity index (χ1) is 59.5. The zero-order valence-corrected chi connectivity index (χ0v) is 66.7. The molecule has 622 valence electrons. The average Bonchev–Trinajstić information content (AvgIpc) is 1.63. The van der Waals surface area contributed by atoms with Crippen molar-refractivity contribution in [3.63, 3.8) is 0 Å². The van der Waals surface area contributed by atoms with E-state index in [0.717, 1.165) is 120 Å². The van der Waals surface area contributed by atoms with Crippen LogP contribution < -0.4 is 45.8 Å². The Labute approximate surface area is 701 Å². The lowest BCUT2D eigenvalue weighted by Gasteiger charge is -2.30. The van der Waals surface area contributed by atoms with Crippen molar-refractivity contribution in [3.8, 4) is 22.5 Å². The number of aliphatic hydroxyl groups is 3. The van der Waals surface area contributed by atoms with Gasteiger partial charge in [0.25, 0.3) is 23.6 Å². The summed E-state index contributed by atoms with van der Waals surface area (Å²) in [6, 6.07) is 34.3. The number of anilines is 5. The first-order valence-electron chi connectivity index (χ1n) is 40.0. The molecule has 33 nitrogen and oxygen atoms in total. The van der Waals surface area contributed by atoms with E-state index < -0.39 is 11.1 Å². The molecule has 20 rings (SSSR count). The fourth-order valence-corrected chi connectivity index (χ4v) is 16.0. The van der Waals surface area contributed by atoms with Crippen LogP contribution in [0.25, 0.3) is 44.7 Å². The first-order valence-corrected chi connectivity index (χ1v) is 40.3. The predicted octanol–water partition coefficient (Wildman–Crippen LogP) is 8.00. The van der Waals surface area contributed by atoms with Gasteiger partial charge in [-0.1, -0.05) is 23.7 Å². The molecule has 7 N–H and O–H groups in total. The predicted molar refractivity (Wildman–Crippen MR) is 452 cm³/mol. The van der Waals surface area contributed by atoms with Crippen LogP contribution >= 0.6 is 11.6 Å². The van der Waals surface area contributed by atoms with E-state index in [1.54, 1.807) is 115 Å². The number of carbonyl (C=O) groups excluding carboxylic acids is 4. The van der Waals surface area contributed by atoms with Crippen molar-refractivity contribution in [2.45, 2.75) is 67.8 Å². The second-order valence-electron chi connectivity index (χ2n) is 30.5. The number of hydrogen-bond acceptors (Lipinski definition) is 23. The number of hydrogen-bond donors (Lipinski definition) is 7. The van der Waals surface area contributed by atoms with Gasteiger partial charge < -0.3 is 78.7 Å². The van der Waals surface area contributed by atoms with E-state index in [1.807, 2.05) is 116 Å². The van der Waals surface area contributed by atoms with E-state index in [4.69, 9.17) is 11.6 Å². The Morgan fingerprint density at radius 3 is 1.37 bits per heavy atom. The molecule has 4 atom stereocenters. The Hall–Kier alpha value is -14.2. The molecule has 0 aliphatic carbocycles. The summed E-state index contributed by atoms with van der Waals surface area (Å²) in [6.07, 6.45) is 37.9. The second-order valence-corrected chi connectivity index (χ2v) is 31.0. The zero-order chi connectivity index (χ0) is 83.9. The third kappa shape index (κ3) is 17.8. The van der Waals surface area contributed by atoms with Gasteiger partial charge >= 0.3 is 0 Å². The SMILES string of the molecule is O=C(NC1(CO)CCN(c2nccn3cccc23)C1)c1ccn(-c2ccc(Cl)cc2)n1.O=C(NC1(CO)CCN(c2nccn3cccc23)C1)c1ccn(-c2ccc(F)cc2)n1.O=C(N[C@H]1CCN(c2nccn3cccc23)C1)c1ncc(-c2ccc(F)cc2)cn1.O=C(N[C@H]1CCN(c2nccn3ccnc23)C1)c1cnc(N2CCC(O)CC2)cn1. The molecule has 15 aromatic rings. The number of imidazole rings is 1. The normalized spacial score (nSPS) is 18.4. The highest BCUT2D eigenvalue weighted by atomic mass is 35.5. The molecule has 3 aromatic carbocycles. The van der Waals surface area contributed by atoms with Gasteiger partial charge in [-0.15, -0.1) is 0 Å². The Morgan fingerprint density at radius 1 is 0.418 bits per heavy atom. The summed E-state index contributed by atoms with van der Waals surface area (Å²) in [5, 5.41) is 51.3. The summed E-state index contributed by atoms with van der Waals surface area (Å²) in [4.78, 5) is 101. The highest BCUT2D eigenvalue weighted by Gasteiger charge is 2.43. The van der Waals surface area contributed by atoms with E-state index in [-0.39, 0.29) is 83.9 Å².